The van der Waals surface area contributed by atoms with Crippen LogP contribution in [0.1, 0.15) is 56.6 Å². The summed E-state index contributed by atoms with van der Waals surface area (Å²) in [5, 5.41) is 8.36. The van der Waals surface area contributed by atoms with E-state index in [4.69, 9.17) is 14.3 Å². The summed E-state index contributed by atoms with van der Waals surface area (Å²) in [7, 11) is 1.67. The molecule has 5 fully saturated rings. The Hall–Kier alpha value is -5.21. The van der Waals surface area contributed by atoms with E-state index in [0.717, 1.165) is 67.2 Å². The maximum absolute atomic E-state index is 12.8. The van der Waals surface area contributed by atoms with Crippen molar-refractivity contribution in [3.05, 3.63) is 97.3 Å². The van der Waals surface area contributed by atoms with Crippen LogP contribution in [0.2, 0.25) is 0 Å². The molecule has 1 saturated carbocycles. The standard InChI is InChI=1S/C46H57N9O4/c1-3-46(56)50-39-29-40(49-44-31-45(48-32-47-44)55-41(18-27-58-55)33-8-7-11-38(28-33)59-37-9-5-4-6-10-37)43(57-2)30-42(39)54-21-16-35(17-22-54)51-19-14-36(15-20-51)53-25-23-52(24-26-53)34-12-13-34/h3-11,28-32,34-36,41H,1,12-27H2,2H3,(H,50,56)(H,47,48,49). The molecule has 4 aromatic rings. The number of carbonyl (C=O) groups is 1. The van der Waals surface area contributed by atoms with Crippen molar-refractivity contribution in [2.45, 2.75) is 69.1 Å². The molecule has 1 unspecified atom stereocenters. The van der Waals surface area contributed by atoms with Gasteiger partial charge in [0.1, 0.15) is 29.4 Å². The van der Waals surface area contributed by atoms with Crippen LogP contribution >= 0.6 is 0 Å². The van der Waals surface area contributed by atoms with Gasteiger partial charge in [-0.1, -0.05) is 36.9 Å². The Morgan fingerprint density at radius 1 is 0.746 bits per heavy atom. The number of amides is 1. The Kier molecular flexibility index (Phi) is 12.0. The first-order valence-electron chi connectivity index (χ1n) is 21.5. The van der Waals surface area contributed by atoms with Crippen molar-refractivity contribution in [3.8, 4) is 17.2 Å². The van der Waals surface area contributed by atoms with Crippen molar-refractivity contribution < 1.29 is 19.1 Å². The lowest BCUT2D eigenvalue weighted by Crippen LogP contribution is -2.55. The number of hydroxylamine groups is 1. The molecular weight excluding hydrogens is 743 g/mol. The molecule has 4 aliphatic heterocycles. The van der Waals surface area contributed by atoms with Crippen LogP contribution in [0.25, 0.3) is 0 Å². The number of anilines is 5. The maximum Gasteiger partial charge on any atom is 0.247 e. The third kappa shape index (κ3) is 9.18. The second-order valence-electron chi connectivity index (χ2n) is 16.4. The zero-order valence-corrected chi connectivity index (χ0v) is 34.2. The molecular formula is C46H57N9O4. The number of ether oxygens (including phenoxy) is 2. The molecule has 1 atom stereocenters. The van der Waals surface area contributed by atoms with Crippen molar-refractivity contribution in [1.82, 2.24) is 24.7 Å². The largest absolute Gasteiger partial charge is 0.494 e. The number of nitrogens with zero attached hydrogens (tertiary/aromatic N) is 7. The lowest BCUT2D eigenvalue weighted by Gasteiger charge is -2.46. The smallest absolute Gasteiger partial charge is 0.247 e. The van der Waals surface area contributed by atoms with Gasteiger partial charge in [-0.2, -0.15) is 0 Å². The molecule has 0 radical (unpaired) electrons. The van der Waals surface area contributed by atoms with Crippen molar-refractivity contribution in [2.75, 3.05) is 86.7 Å². The number of carbonyl (C=O) groups excluding carboxylic acids is 1. The average molecular weight is 800 g/mol. The first-order valence-corrected chi connectivity index (χ1v) is 21.5. The maximum atomic E-state index is 12.8. The molecule has 0 bridgehead atoms. The second-order valence-corrected chi connectivity index (χ2v) is 16.4. The van der Waals surface area contributed by atoms with Gasteiger partial charge in [-0.25, -0.2) is 15.0 Å². The van der Waals surface area contributed by atoms with Crippen molar-refractivity contribution >= 4 is 34.6 Å². The third-order valence-corrected chi connectivity index (χ3v) is 12.8. The van der Waals surface area contributed by atoms with E-state index in [0.29, 0.717) is 41.4 Å². The minimum Gasteiger partial charge on any atom is -0.494 e. The highest BCUT2D eigenvalue weighted by atomic mass is 16.7. The van der Waals surface area contributed by atoms with E-state index in [1.165, 1.54) is 77.4 Å². The lowest BCUT2D eigenvalue weighted by atomic mass is 9.96. The van der Waals surface area contributed by atoms with Gasteiger partial charge in [0.15, 0.2) is 5.82 Å². The number of hydrogen-bond donors (Lipinski definition) is 2. The van der Waals surface area contributed by atoms with Gasteiger partial charge < -0.3 is 29.9 Å². The normalized spacial score (nSPS) is 21.3. The van der Waals surface area contributed by atoms with Crippen LogP contribution in [0.4, 0.5) is 28.7 Å². The predicted molar refractivity (Wildman–Crippen MR) is 232 cm³/mol. The zero-order valence-electron chi connectivity index (χ0n) is 34.2. The van der Waals surface area contributed by atoms with Gasteiger partial charge in [-0.05, 0) is 93.6 Å². The number of piperidine rings is 2. The van der Waals surface area contributed by atoms with E-state index in [9.17, 15) is 4.79 Å². The van der Waals surface area contributed by atoms with Crippen LogP contribution in [0.3, 0.4) is 0 Å². The molecule has 13 heteroatoms. The van der Waals surface area contributed by atoms with Gasteiger partial charge in [0.05, 0.1) is 36.8 Å². The molecule has 3 aromatic carbocycles. The first kappa shape index (κ1) is 39.3. The Balaban J connectivity index is 0.856. The number of likely N-dealkylation sites (tertiary alicyclic amines) is 1. The lowest BCUT2D eigenvalue weighted by molar-refractivity contribution is -0.111. The number of piperazine rings is 1. The van der Waals surface area contributed by atoms with Gasteiger partial charge in [-0.15, -0.1) is 0 Å². The highest BCUT2D eigenvalue weighted by Gasteiger charge is 2.36. The molecule has 0 spiro atoms. The number of nitrogens with one attached hydrogen (secondary N) is 2. The van der Waals surface area contributed by atoms with Crippen LogP contribution < -0.4 is 30.1 Å². The van der Waals surface area contributed by atoms with E-state index >= 15 is 0 Å². The quantitative estimate of drug-likeness (QED) is 0.133. The minimum absolute atomic E-state index is 0.0691. The molecule has 59 heavy (non-hydrogen) atoms. The van der Waals surface area contributed by atoms with E-state index in [2.05, 4.69) is 52.8 Å². The molecule has 13 nitrogen and oxygen atoms in total. The van der Waals surface area contributed by atoms with E-state index < -0.39 is 0 Å². The number of para-hydroxylation sites is 1. The average Bonchev–Trinajstić information content (AvgIpc) is 4.02. The Morgan fingerprint density at radius 3 is 2.12 bits per heavy atom. The van der Waals surface area contributed by atoms with Crippen molar-refractivity contribution in [1.29, 1.82) is 0 Å². The first-order chi connectivity index (χ1) is 29.0. The predicted octanol–water partition coefficient (Wildman–Crippen LogP) is 7.24. The number of methoxy groups -OCH3 is 1. The molecule has 5 heterocycles. The molecule has 2 N–H and O–H groups in total. The Bertz CT molecular complexity index is 2060. The summed E-state index contributed by atoms with van der Waals surface area (Å²) < 4.78 is 12.1. The number of hydrogen-bond acceptors (Lipinski definition) is 12. The topological polar surface area (TPSA) is 111 Å². The van der Waals surface area contributed by atoms with E-state index in [1.54, 1.807) is 7.11 Å². The van der Waals surface area contributed by atoms with Crippen molar-refractivity contribution in [3.63, 3.8) is 0 Å². The van der Waals surface area contributed by atoms with Crippen LogP contribution in [-0.4, -0.2) is 115 Å². The summed E-state index contributed by atoms with van der Waals surface area (Å²) in [6.45, 7) is 13.4. The molecule has 1 amide bonds. The fraction of sp³-hybridized carbons (Fsp3) is 0.457. The fourth-order valence-corrected chi connectivity index (χ4v) is 9.46. The SMILES string of the molecule is C=CC(=O)Nc1cc(Nc2cc(N3OCCC3c3cccc(Oc4ccccc4)c3)ncn2)c(OC)cc1N1CCC(N2CCC(N3CCN(C4CC4)CC3)CC2)CC1. The summed E-state index contributed by atoms with van der Waals surface area (Å²) in [6.07, 6.45) is 11.1. The summed E-state index contributed by atoms with van der Waals surface area (Å²) in [6, 6.07) is 25.8. The van der Waals surface area contributed by atoms with E-state index in [-0.39, 0.29) is 11.9 Å². The Morgan fingerprint density at radius 2 is 1.42 bits per heavy atom. The molecule has 9 rings (SSSR count). The summed E-state index contributed by atoms with van der Waals surface area (Å²) in [5.41, 5.74) is 3.34. The van der Waals surface area contributed by atoms with Gasteiger partial charge in [0, 0.05) is 75.9 Å². The molecule has 310 valence electrons. The van der Waals surface area contributed by atoms with Gasteiger partial charge in [0.25, 0.3) is 0 Å². The number of benzene rings is 3. The summed E-state index contributed by atoms with van der Waals surface area (Å²) >= 11 is 0. The van der Waals surface area contributed by atoms with Crippen molar-refractivity contribution in [2.24, 2.45) is 0 Å². The molecule has 1 aromatic heterocycles. The zero-order chi connectivity index (χ0) is 40.1. The monoisotopic (exact) mass is 799 g/mol. The summed E-state index contributed by atoms with van der Waals surface area (Å²) in [4.78, 5) is 38.7. The third-order valence-electron chi connectivity index (χ3n) is 12.8. The summed E-state index contributed by atoms with van der Waals surface area (Å²) in [5.74, 6) is 3.09. The van der Waals surface area contributed by atoms with Crippen LogP contribution in [0, 0.1) is 0 Å². The van der Waals surface area contributed by atoms with Gasteiger partial charge in [0.2, 0.25) is 5.91 Å². The van der Waals surface area contributed by atoms with E-state index in [1.807, 2.05) is 71.8 Å². The highest BCUT2D eigenvalue weighted by molar-refractivity contribution is 6.02. The number of rotatable bonds is 13. The molecule has 4 saturated heterocycles. The van der Waals surface area contributed by atoms with Crippen LogP contribution in [-0.2, 0) is 9.63 Å². The fourth-order valence-electron chi connectivity index (χ4n) is 9.46. The highest BCUT2D eigenvalue weighted by Crippen LogP contribution is 2.41. The number of aromatic nitrogens is 2. The molecule has 1 aliphatic carbocycles. The molecule has 5 aliphatic rings. The van der Waals surface area contributed by atoms with Gasteiger partial charge in [-0.3, -0.25) is 19.4 Å². The second kappa shape index (κ2) is 18.0. The Labute approximate surface area is 347 Å². The minimum atomic E-state index is -0.270. The van der Waals surface area contributed by atoms with Crippen LogP contribution in [0.5, 0.6) is 17.2 Å². The van der Waals surface area contributed by atoms with Crippen LogP contribution in [0.15, 0.2) is 91.8 Å². The van der Waals surface area contributed by atoms with Gasteiger partial charge >= 0.3 is 0 Å².